The van der Waals surface area contributed by atoms with Crippen molar-refractivity contribution in [1.82, 2.24) is 4.90 Å². The number of piperidine rings is 1. The topological polar surface area (TPSA) is 49.4 Å². The fourth-order valence-electron chi connectivity index (χ4n) is 4.74. The number of carbonyl (C=O) groups excluding carboxylic acids is 1. The van der Waals surface area contributed by atoms with Crippen molar-refractivity contribution in [3.63, 3.8) is 0 Å². The maximum absolute atomic E-state index is 13.0. The highest BCUT2D eigenvalue weighted by molar-refractivity contribution is 5.79. The fourth-order valence-corrected chi connectivity index (χ4v) is 4.74. The molecule has 5 nitrogen and oxygen atoms in total. The molecule has 5 heteroatoms. The first kappa shape index (κ1) is 19.9. The Morgan fingerprint density at radius 2 is 1.48 bits per heavy atom. The SMILES string of the molecule is O=C(C1CC[NH+](Cc2ccccc2O)CC1)N1CC[NH+](Cc2ccccc2)CC1. The first-order valence-corrected chi connectivity index (χ1v) is 11.0. The van der Waals surface area contributed by atoms with Gasteiger partial charge in [0, 0.05) is 29.9 Å². The number of amides is 1. The molecule has 154 valence electrons. The van der Waals surface area contributed by atoms with Crippen molar-refractivity contribution in [3.8, 4) is 5.75 Å². The van der Waals surface area contributed by atoms with Gasteiger partial charge >= 0.3 is 0 Å². The van der Waals surface area contributed by atoms with E-state index in [1.807, 2.05) is 18.2 Å². The smallest absolute Gasteiger partial charge is 0.226 e. The number of para-hydroxylation sites is 1. The monoisotopic (exact) mass is 395 g/mol. The van der Waals surface area contributed by atoms with Crippen molar-refractivity contribution >= 4 is 5.91 Å². The van der Waals surface area contributed by atoms with Crippen molar-refractivity contribution < 1.29 is 19.7 Å². The van der Waals surface area contributed by atoms with Crippen LogP contribution in [0.2, 0.25) is 0 Å². The average molecular weight is 396 g/mol. The standard InChI is InChI=1S/C24H31N3O2/c28-23-9-5-4-8-22(23)19-25-12-10-21(11-13-25)24(29)27-16-14-26(15-17-27)18-20-6-2-1-3-7-20/h1-9,21,28H,10-19H2/p+2. The third-order valence-electron chi connectivity index (χ3n) is 6.55. The number of piperazine rings is 1. The first-order chi connectivity index (χ1) is 14.2. The minimum absolute atomic E-state index is 0.179. The molecule has 2 aromatic carbocycles. The van der Waals surface area contributed by atoms with E-state index in [1.54, 1.807) is 11.0 Å². The van der Waals surface area contributed by atoms with Gasteiger partial charge in [-0.3, -0.25) is 4.79 Å². The molecule has 3 N–H and O–H groups in total. The summed E-state index contributed by atoms with van der Waals surface area (Å²) in [5.41, 5.74) is 2.38. The fraction of sp³-hybridized carbons (Fsp3) is 0.458. The van der Waals surface area contributed by atoms with Crippen LogP contribution in [0.1, 0.15) is 24.0 Å². The predicted octanol–water partition coefficient (Wildman–Crippen LogP) is 0.114. The van der Waals surface area contributed by atoms with Crippen molar-refractivity contribution in [2.24, 2.45) is 5.92 Å². The summed E-state index contributed by atoms with van der Waals surface area (Å²) in [7, 11) is 0. The molecule has 29 heavy (non-hydrogen) atoms. The summed E-state index contributed by atoms with van der Waals surface area (Å²) < 4.78 is 0. The van der Waals surface area contributed by atoms with E-state index in [-0.39, 0.29) is 5.92 Å². The summed E-state index contributed by atoms with van der Waals surface area (Å²) in [6, 6.07) is 18.2. The van der Waals surface area contributed by atoms with Gasteiger partial charge in [-0.15, -0.1) is 0 Å². The summed E-state index contributed by atoms with van der Waals surface area (Å²) in [6.45, 7) is 7.74. The van der Waals surface area contributed by atoms with Crippen LogP contribution in [0.3, 0.4) is 0 Å². The number of nitrogens with one attached hydrogen (secondary N) is 2. The Balaban J connectivity index is 1.21. The van der Waals surface area contributed by atoms with Gasteiger partial charge in [-0.25, -0.2) is 0 Å². The Morgan fingerprint density at radius 3 is 2.17 bits per heavy atom. The third-order valence-corrected chi connectivity index (χ3v) is 6.55. The van der Waals surface area contributed by atoms with Gasteiger partial charge in [0.15, 0.2) is 0 Å². The number of phenols is 1. The molecule has 0 aromatic heterocycles. The van der Waals surface area contributed by atoms with Gasteiger partial charge in [0.05, 0.1) is 39.3 Å². The number of hydrogen-bond donors (Lipinski definition) is 3. The molecule has 2 heterocycles. The zero-order valence-corrected chi connectivity index (χ0v) is 17.1. The zero-order valence-electron chi connectivity index (χ0n) is 17.1. The maximum Gasteiger partial charge on any atom is 0.226 e. The number of quaternary nitrogens is 2. The summed E-state index contributed by atoms with van der Waals surface area (Å²) in [5, 5.41) is 9.99. The van der Waals surface area contributed by atoms with E-state index in [2.05, 4.69) is 35.2 Å². The molecule has 0 spiro atoms. The van der Waals surface area contributed by atoms with E-state index < -0.39 is 0 Å². The molecule has 1 amide bonds. The molecule has 4 rings (SSSR count). The summed E-state index contributed by atoms with van der Waals surface area (Å²) in [6.07, 6.45) is 1.91. The maximum atomic E-state index is 13.0. The van der Waals surface area contributed by atoms with Crippen LogP contribution in [0.5, 0.6) is 5.75 Å². The molecule has 0 unspecified atom stereocenters. The van der Waals surface area contributed by atoms with Crippen molar-refractivity contribution in [2.75, 3.05) is 39.3 Å². The Kier molecular flexibility index (Phi) is 6.47. The van der Waals surface area contributed by atoms with Crippen LogP contribution in [0.25, 0.3) is 0 Å². The van der Waals surface area contributed by atoms with Gasteiger partial charge in [-0.2, -0.15) is 0 Å². The Hall–Kier alpha value is -2.37. The lowest BCUT2D eigenvalue weighted by Crippen LogP contribution is -3.13. The van der Waals surface area contributed by atoms with E-state index in [1.165, 1.54) is 10.5 Å². The molecule has 2 aliphatic heterocycles. The molecule has 0 atom stereocenters. The van der Waals surface area contributed by atoms with Crippen LogP contribution in [-0.4, -0.2) is 55.2 Å². The molecular weight excluding hydrogens is 362 g/mol. The Bertz CT molecular complexity index is 795. The van der Waals surface area contributed by atoms with E-state index in [9.17, 15) is 9.90 Å². The lowest BCUT2D eigenvalue weighted by Gasteiger charge is -2.36. The van der Waals surface area contributed by atoms with Crippen LogP contribution in [0.4, 0.5) is 0 Å². The molecule has 0 radical (unpaired) electrons. The molecule has 2 fully saturated rings. The van der Waals surface area contributed by atoms with Crippen LogP contribution in [0.15, 0.2) is 54.6 Å². The van der Waals surface area contributed by atoms with E-state index in [0.717, 1.165) is 70.8 Å². The van der Waals surface area contributed by atoms with Crippen LogP contribution in [0, 0.1) is 5.92 Å². The minimum Gasteiger partial charge on any atom is -0.507 e. The molecule has 2 aliphatic rings. The lowest BCUT2D eigenvalue weighted by molar-refractivity contribution is -0.919. The molecule has 0 saturated carbocycles. The largest absolute Gasteiger partial charge is 0.507 e. The number of nitrogens with zero attached hydrogens (tertiary/aromatic N) is 1. The number of likely N-dealkylation sites (tertiary alicyclic amines) is 1. The van der Waals surface area contributed by atoms with Gasteiger partial charge in [0.2, 0.25) is 5.91 Å². The number of carbonyl (C=O) groups is 1. The highest BCUT2D eigenvalue weighted by atomic mass is 16.3. The molecular formula is C24H33N3O2+2. The summed E-state index contributed by atoms with van der Waals surface area (Å²) in [5.74, 6) is 0.929. The highest BCUT2D eigenvalue weighted by Gasteiger charge is 2.33. The second-order valence-electron chi connectivity index (χ2n) is 8.57. The molecule has 2 aromatic rings. The minimum atomic E-state index is 0.179. The molecule has 0 bridgehead atoms. The number of rotatable bonds is 5. The number of hydrogen-bond acceptors (Lipinski definition) is 2. The molecule has 2 saturated heterocycles. The van der Waals surface area contributed by atoms with Crippen molar-refractivity contribution in [1.29, 1.82) is 0 Å². The molecule has 0 aliphatic carbocycles. The Labute approximate surface area is 173 Å². The van der Waals surface area contributed by atoms with Crippen molar-refractivity contribution in [3.05, 3.63) is 65.7 Å². The summed E-state index contributed by atoms with van der Waals surface area (Å²) in [4.78, 5) is 18.1. The second kappa shape index (κ2) is 9.42. The average Bonchev–Trinajstić information content (AvgIpc) is 2.77. The summed E-state index contributed by atoms with van der Waals surface area (Å²) >= 11 is 0. The first-order valence-electron chi connectivity index (χ1n) is 11.0. The van der Waals surface area contributed by atoms with E-state index >= 15 is 0 Å². The van der Waals surface area contributed by atoms with E-state index in [0.29, 0.717) is 11.7 Å². The lowest BCUT2D eigenvalue weighted by atomic mass is 9.94. The number of aromatic hydroxyl groups is 1. The van der Waals surface area contributed by atoms with Gasteiger partial charge in [0.1, 0.15) is 18.8 Å². The third kappa shape index (κ3) is 5.17. The van der Waals surface area contributed by atoms with Crippen LogP contribution < -0.4 is 9.80 Å². The van der Waals surface area contributed by atoms with Gasteiger partial charge in [0.25, 0.3) is 0 Å². The zero-order chi connectivity index (χ0) is 20.1. The quantitative estimate of drug-likeness (QED) is 0.673. The van der Waals surface area contributed by atoms with E-state index in [4.69, 9.17) is 0 Å². The Morgan fingerprint density at radius 1 is 0.862 bits per heavy atom. The second-order valence-corrected chi connectivity index (χ2v) is 8.57. The number of benzene rings is 2. The normalized spacial score (nSPS) is 23.1. The van der Waals surface area contributed by atoms with Gasteiger partial charge in [-0.05, 0) is 12.1 Å². The van der Waals surface area contributed by atoms with Crippen molar-refractivity contribution in [2.45, 2.75) is 25.9 Å². The van der Waals surface area contributed by atoms with Crippen LogP contribution >= 0.6 is 0 Å². The van der Waals surface area contributed by atoms with Gasteiger partial charge < -0.3 is 19.8 Å². The highest BCUT2D eigenvalue weighted by Crippen LogP contribution is 2.17. The number of phenolic OH excluding ortho intramolecular Hbond substituents is 1. The van der Waals surface area contributed by atoms with Gasteiger partial charge in [-0.1, -0.05) is 42.5 Å². The van der Waals surface area contributed by atoms with Crippen LogP contribution in [-0.2, 0) is 17.9 Å². The predicted molar refractivity (Wildman–Crippen MR) is 113 cm³/mol.